The van der Waals surface area contributed by atoms with Crippen LogP contribution >= 0.6 is 0 Å². The summed E-state index contributed by atoms with van der Waals surface area (Å²) in [6.07, 6.45) is 5.70. The van der Waals surface area contributed by atoms with Gasteiger partial charge in [-0.15, -0.1) is 0 Å². The van der Waals surface area contributed by atoms with Gasteiger partial charge in [-0.2, -0.15) is 0 Å². The van der Waals surface area contributed by atoms with Crippen LogP contribution in [-0.4, -0.2) is 33.9 Å². The molecule has 0 saturated heterocycles. The van der Waals surface area contributed by atoms with Crippen molar-refractivity contribution in [1.82, 2.24) is 14.8 Å². The molecular weight excluding hydrogens is 410 g/mol. The first-order chi connectivity index (χ1) is 15.9. The summed E-state index contributed by atoms with van der Waals surface area (Å²) in [5.74, 6) is -0.171. The highest BCUT2D eigenvalue weighted by Gasteiger charge is 2.40. The smallest absolute Gasteiger partial charge is 0.255 e. The van der Waals surface area contributed by atoms with Gasteiger partial charge in [-0.3, -0.25) is 9.59 Å². The number of aromatic nitrogens is 1. The third-order valence-electron chi connectivity index (χ3n) is 6.99. The van der Waals surface area contributed by atoms with Crippen LogP contribution in [0.25, 0.3) is 10.9 Å². The fourth-order valence-electron chi connectivity index (χ4n) is 5.16. The third kappa shape index (κ3) is 4.41. The Hall–Kier alpha value is -3.08. The van der Waals surface area contributed by atoms with Gasteiger partial charge in [-0.1, -0.05) is 69.0 Å². The second-order valence-corrected chi connectivity index (χ2v) is 9.32. The van der Waals surface area contributed by atoms with Gasteiger partial charge in [0.25, 0.3) is 5.91 Å². The number of para-hydroxylation sites is 1. The molecule has 3 aromatic rings. The van der Waals surface area contributed by atoms with Crippen molar-refractivity contribution in [3.63, 3.8) is 0 Å². The zero-order chi connectivity index (χ0) is 23.5. The molecule has 1 aliphatic heterocycles. The minimum atomic E-state index is -0.273. The van der Waals surface area contributed by atoms with Crippen molar-refractivity contribution in [3.05, 3.63) is 70.9 Å². The van der Waals surface area contributed by atoms with E-state index in [2.05, 4.69) is 49.8 Å². The summed E-state index contributed by atoms with van der Waals surface area (Å²) in [5, 5.41) is 4.25. The Morgan fingerprint density at radius 1 is 1.06 bits per heavy atom. The SMILES string of the molecule is CCCCCCC(C)NC(=O)CN1C(=O)c2ccccc2C1c1c(C)n(C)c2ccccc12. The highest BCUT2D eigenvalue weighted by Crippen LogP contribution is 2.43. The van der Waals surface area contributed by atoms with Gasteiger partial charge >= 0.3 is 0 Å². The first-order valence-corrected chi connectivity index (χ1v) is 12.2. The number of carbonyl (C=O) groups is 2. The molecule has 1 aliphatic rings. The summed E-state index contributed by atoms with van der Waals surface area (Å²) in [6, 6.07) is 15.9. The number of nitrogens with zero attached hydrogens (tertiary/aromatic N) is 2. The van der Waals surface area contributed by atoms with E-state index in [4.69, 9.17) is 0 Å². The molecule has 1 N–H and O–H groups in total. The molecule has 5 heteroatoms. The molecule has 2 heterocycles. The number of aryl methyl sites for hydroxylation is 1. The number of hydrogen-bond acceptors (Lipinski definition) is 2. The quantitative estimate of drug-likeness (QED) is 0.442. The van der Waals surface area contributed by atoms with E-state index in [0.29, 0.717) is 5.56 Å². The van der Waals surface area contributed by atoms with Crippen molar-refractivity contribution in [2.75, 3.05) is 6.54 Å². The van der Waals surface area contributed by atoms with E-state index < -0.39 is 0 Å². The van der Waals surface area contributed by atoms with Crippen molar-refractivity contribution in [3.8, 4) is 0 Å². The van der Waals surface area contributed by atoms with E-state index in [1.54, 1.807) is 4.90 Å². The van der Waals surface area contributed by atoms with E-state index in [1.165, 1.54) is 19.3 Å². The maximum Gasteiger partial charge on any atom is 0.255 e. The Balaban J connectivity index is 1.63. The lowest BCUT2D eigenvalue weighted by atomic mass is 9.95. The third-order valence-corrected chi connectivity index (χ3v) is 6.99. The normalized spacial score (nSPS) is 16.3. The molecule has 2 unspecified atom stereocenters. The van der Waals surface area contributed by atoms with Crippen LogP contribution in [0.2, 0.25) is 0 Å². The lowest BCUT2D eigenvalue weighted by Gasteiger charge is -2.26. The second-order valence-electron chi connectivity index (χ2n) is 9.32. The average Bonchev–Trinajstić information content (AvgIpc) is 3.22. The van der Waals surface area contributed by atoms with Crippen LogP contribution in [0.3, 0.4) is 0 Å². The summed E-state index contributed by atoms with van der Waals surface area (Å²) < 4.78 is 2.17. The standard InChI is InChI=1S/C28H35N3O2/c1-5-6-7-8-13-19(2)29-25(32)18-31-27(21-14-9-10-15-22(21)28(31)33)26-20(3)30(4)24-17-12-11-16-23(24)26/h9-12,14-17,19,27H,5-8,13,18H2,1-4H3,(H,29,32). The minimum absolute atomic E-state index is 0.0557. The van der Waals surface area contributed by atoms with E-state index in [-0.39, 0.29) is 30.4 Å². The number of nitrogens with one attached hydrogen (secondary N) is 1. The molecule has 174 valence electrons. The Morgan fingerprint density at radius 3 is 2.58 bits per heavy atom. The highest BCUT2D eigenvalue weighted by molar-refractivity contribution is 6.02. The predicted molar refractivity (Wildman–Crippen MR) is 133 cm³/mol. The zero-order valence-corrected chi connectivity index (χ0v) is 20.2. The van der Waals surface area contributed by atoms with Gasteiger partial charge in [-0.05, 0) is 38.0 Å². The van der Waals surface area contributed by atoms with Crippen molar-refractivity contribution in [2.24, 2.45) is 7.05 Å². The van der Waals surface area contributed by atoms with E-state index in [0.717, 1.165) is 40.6 Å². The van der Waals surface area contributed by atoms with Crippen LogP contribution in [0.5, 0.6) is 0 Å². The molecule has 1 aromatic heterocycles. The van der Waals surface area contributed by atoms with E-state index in [1.807, 2.05) is 36.4 Å². The highest BCUT2D eigenvalue weighted by atomic mass is 16.2. The number of rotatable bonds is 9. The number of unbranched alkanes of at least 4 members (excludes halogenated alkanes) is 3. The minimum Gasteiger partial charge on any atom is -0.352 e. The Kier molecular flexibility index (Phi) is 6.87. The fourth-order valence-corrected chi connectivity index (χ4v) is 5.16. The topological polar surface area (TPSA) is 54.3 Å². The molecule has 4 rings (SSSR count). The van der Waals surface area contributed by atoms with Gasteiger partial charge in [0.05, 0.1) is 6.04 Å². The molecule has 5 nitrogen and oxygen atoms in total. The lowest BCUT2D eigenvalue weighted by Crippen LogP contribution is -2.42. The van der Waals surface area contributed by atoms with Crippen LogP contribution < -0.4 is 5.32 Å². The second kappa shape index (κ2) is 9.82. The molecule has 2 atom stereocenters. The predicted octanol–water partition coefficient (Wildman–Crippen LogP) is 5.51. The first kappa shape index (κ1) is 23.1. The summed E-state index contributed by atoms with van der Waals surface area (Å²) in [6.45, 7) is 6.40. The number of fused-ring (bicyclic) bond motifs is 2. The summed E-state index contributed by atoms with van der Waals surface area (Å²) in [5.41, 5.74) is 5.01. The molecular formula is C28H35N3O2. The summed E-state index contributed by atoms with van der Waals surface area (Å²) >= 11 is 0. The monoisotopic (exact) mass is 445 g/mol. The molecule has 2 amide bonds. The van der Waals surface area contributed by atoms with Gasteiger partial charge in [-0.25, -0.2) is 0 Å². The van der Waals surface area contributed by atoms with Gasteiger partial charge in [0.15, 0.2) is 0 Å². The van der Waals surface area contributed by atoms with Crippen LogP contribution in [-0.2, 0) is 11.8 Å². The molecule has 2 aromatic carbocycles. The first-order valence-electron chi connectivity index (χ1n) is 12.2. The number of amides is 2. The van der Waals surface area contributed by atoms with Crippen LogP contribution in [0.4, 0.5) is 0 Å². The number of hydrogen-bond donors (Lipinski definition) is 1. The van der Waals surface area contributed by atoms with Crippen molar-refractivity contribution >= 4 is 22.7 Å². The number of benzene rings is 2. The van der Waals surface area contributed by atoms with Crippen molar-refractivity contribution in [2.45, 2.75) is 65.0 Å². The van der Waals surface area contributed by atoms with Gasteiger partial charge < -0.3 is 14.8 Å². The van der Waals surface area contributed by atoms with Crippen LogP contribution in [0.15, 0.2) is 48.5 Å². The molecule has 0 fully saturated rings. The molecule has 33 heavy (non-hydrogen) atoms. The Morgan fingerprint density at radius 2 is 1.79 bits per heavy atom. The Labute approximate surface area is 196 Å². The zero-order valence-electron chi connectivity index (χ0n) is 20.2. The van der Waals surface area contributed by atoms with Gasteiger partial charge in [0.2, 0.25) is 5.91 Å². The van der Waals surface area contributed by atoms with Crippen molar-refractivity contribution in [1.29, 1.82) is 0 Å². The largest absolute Gasteiger partial charge is 0.352 e. The average molecular weight is 446 g/mol. The number of carbonyl (C=O) groups excluding carboxylic acids is 2. The molecule has 0 spiro atoms. The van der Waals surface area contributed by atoms with Crippen molar-refractivity contribution < 1.29 is 9.59 Å². The maximum absolute atomic E-state index is 13.4. The van der Waals surface area contributed by atoms with Crippen LogP contribution in [0, 0.1) is 6.92 Å². The molecule has 0 radical (unpaired) electrons. The molecule has 0 saturated carbocycles. The molecule has 0 bridgehead atoms. The lowest BCUT2D eigenvalue weighted by molar-refractivity contribution is -0.122. The fraction of sp³-hybridized carbons (Fsp3) is 0.429. The molecule has 0 aliphatic carbocycles. The van der Waals surface area contributed by atoms with E-state index >= 15 is 0 Å². The van der Waals surface area contributed by atoms with Crippen LogP contribution in [0.1, 0.15) is 79.2 Å². The maximum atomic E-state index is 13.4. The van der Waals surface area contributed by atoms with Gasteiger partial charge in [0.1, 0.15) is 6.54 Å². The summed E-state index contributed by atoms with van der Waals surface area (Å²) in [7, 11) is 2.06. The Bertz CT molecular complexity index is 1160. The van der Waals surface area contributed by atoms with Gasteiger partial charge in [0, 0.05) is 40.8 Å². The summed E-state index contributed by atoms with van der Waals surface area (Å²) in [4.78, 5) is 28.2. The van der Waals surface area contributed by atoms with E-state index in [9.17, 15) is 9.59 Å².